The van der Waals surface area contributed by atoms with E-state index in [-0.39, 0.29) is 11.9 Å². The van der Waals surface area contributed by atoms with Crippen molar-refractivity contribution >= 4 is 28.5 Å². The van der Waals surface area contributed by atoms with Gasteiger partial charge in [-0.05, 0) is 43.3 Å². The molecule has 3 amide bonds. The van der Waals surface area contributed by atoms with Crippen LogP contribution in [0.15, 0.2) is 60.8 Å². The third-order valence-corrected chi connectivity index (χ3v) is 4.55. The first-order chi connectivity index (χ1) is 13.6. The molecule has 0 saturated carbocycles. The number of carbonyl (C=O) groups excluding carboxylic acids is 2. The molecule has 3 aromatic rings. The molecule has 7 heteroatoms. The highest BCUT2D eigenvalue weighted by molar-refractivity contribution is 5.99. The lowest BCUT2D eigenvalue weighted by Gasteiger charge is -2.19. The van der Waals surface area contributed by atoms with E-state index >= 15 is 0 Å². The van der Waals surface area contributed by atoms with E-state index in [0.29, 0.717) is 24.6 Å². The van der Waals surface area contributed by atoms with E-state index in [4.69, 9.17) is 4.74 Å². The summed E-state index contributed by atoms with van der Waals surface area (Å²) in [6.45, 7) is 2.63. The third kappa shape index (κ3) is 3.59. The van der Waals surface area contributed by atoms with Gasteiger partial charge in [0.25, 0.3) is 5.91 Å². The van der Waals surface area contributed by atoms with E-state index in [0.717, 1.165) is 16.6 Å². The first kappa shape index (κ1) is 17.8. The highest BCUT2D eigenvalue weighted by Crippen LogP contribution is 2.29. The van der Waals surface area contributed by atoms with Crippen LogP contribution in [0.2, 0.25) is 0 Å². The second-order valence-electron chi connectivity index (χ2n) is 6.55. The van der Waals surface area contributed by atoms with Crippen LogP contribution in [-0.2, 0) is 4.79 Å². The number of urea groups is 1. The monoisotopic (exact) mass is 376 g/mol. The number of pyridine rings is 1. The Kier molecular flexibility index (Phi) is 4.80. The Labute approximate surface area is 162 Å². The molecule has 1 atom stereocenters. The van der Waals surface area contributed by atoms with E-state index in [9.17, 15) is 9.59 Å². The fraction of sp³-hybridized carbons (Fsp3) is 0.190. The van der Waals surface area contributed by atoms with E-state index in [1.54, 1.807) is 13.1 Å². The zero-order chi connectivity index (χ0) is 19.5. The number of benzene rings is 2. The molecule has 28 heavy (non-hydrogen) atoms. The van der Waals surface area contributed by atoms with Crippen LogP contribution in [0.4, 0.5) is 10.5 Å². The van der Waals surface area contributed by atoms with Gasteiger partial charge in [-0.15, -0.1) is 0 Å². The smallest absolute Gasteiger partial charge is 0.324 e. The molecular weight excluding hydrogens is 356 g/mol. The van der Waals surface area contributed by atoms with Gasteiger partial charge < -0.3 is 15.4 Å². The summed E-state index contributed by atoms with van der Waals surface area (Å²) in [7, 11) is 0. The first-order valence-corrected chi connectivity index (χ1v) is 9.09. The van der Waals surface area contributed by atoms with Gasteiger partial charge in [-0.2, -0.15) is 0 Å². The summed E-state index contributed by atoms with van der Waals surface area (Å²) in [5.74, 6) is 1.10. The molecule has 1 saturated heterocycles. The number of fused-ring (bicyclic) bond motifs is 1. The van der Waals surface area contributed by atoms with Crippen molar-refractivity contribution in [1.82, 2.24) is 15.2 Å². The number of aromatic nitrogens is 1. The molecule has 0 aliphatic carbocycles. The van der Waals surface area contributed by atoms with Gasteiger partial charge in [0.05, 0.1) is 0 Å². The molecule has 0 radical (unpaired) electrons. The molecule has 2 heterocycles. The average molecular weight is 376 g/mol. The first-order valence-electron chi connectivity index (χ1n) is 9.09. The third-order valence-electron chi connectivity index (χ3n) is 4.55. The van der Waals surface area contributed by atoms with Crippen LogP contribution in [-0.4, -0.2) is 41.0 Å². The van der Waals surface area contributed by atoms with Crippen molar-refractivity contribution in [2.24, 2.45) is 0 Å². The van der Waals surface area contributed by atoms with Gasteiger partial charge in [-0.3, -0.25) is 14.7 Å². The summed E-state index contributed by atoms with van der Waals surface area (Å²) >= 11 is 0. The molecule has 1 fully saturated rings. The fourth-order valence-corrected chi connectivity index (χ4v) is 3.13. The van der Waals surface area contributed by atoms with Gasteiger partial charge in [-0.1, -0.05) is 18.2 Å². The zero-order valence-corrected chi connectivity index (χ0v) is 15.4. The largest absolute Gasteiger partial charge is 0.455 e. The maximum atomic E-state index is 12.4. The van der Waals surface area contributed by atoms with Gasteiger partial charge in [0.15, 0.2) is 5.75 Å². The van der Waals surface area contributed by atoms with Gasteiger partial charge in [0.1, 0.15) is 17.3 Å². The van der Waals surface area contributed by atoms with Gasteiger partial charge >= 0.3 is 6.03 Å². The Morgan fingerprint density at radius 1 is 1.18 bits per heavy atom. The van der Waals surface area contributed by atoms with Crippen molar-refractivity contribution in [1.29, 1.82) is 0 Å². The highest BCUT2D eigenvalue weighted by atomic mass is 16.5. The summed E-state index contributed by atoms with van der Waals surface area (Å²) in [5.41, 5.74) is 1.57. The number of carbonyl (C=O) groups is 2. The average Bonchev–Trinajstić information content (AvgIpc) is 3.15. The number of amides is 3. The van der Waals surface area contributed by atoms with Crippen LogP contribution in [0.3, 0.4) is 0 Å². The van der Waals surface area contributed by atoms with E-state index in [1.165, 1.54) is 4.90 Å². The standard InChI is InChI=1S/C21H20N4O3/c1-14(20(26)25-13-12-23-21(25)27)24-16-7-9-17(10-8-16)28-18-6-2-4-15-5-3-11-22-19(15)18/h2-11,14,24H,12-13H2,1H3,(H,23,27)/t14-/m1/s1. The Morgan fingerprint density at radius 3 is 2.71 bits per heavy atom. The number of imide groups is 1. The van der Waals surface area contributed by atoms with Crippen LogP contribution in [0.5, 0.6) is 11.5 Å². The summed E-state index contributed by atoms with van der Waals surface area (Å²) in [4.78, 5) is 29.6. The maximum absolute atomic E-state index is 12.4. The van der Waals surface area contributed by atoms with E-state index in [1.807, 2.05) is 54.6 Å². The number of anilines is 1. The van der Waals surface area contributed by atoms with Crippen LogP contribution in [0, 0.1) is 0 Å². The predicted molar refractivity (Wildman–Crippen MR) is 106 cm³/mol. The summed E-state index contributed by atoms with van der Waals surface area (Å²) < 4.78 is 5.98. The molecule has 0 unspecified atom stereocenters. The molecule has 2 N–H and O–H groups in total. The number of nitrogens with one attached hydrogen (secondary N) is 2. The van der Waals surface area contributed by atoms with Crippen molar-refractivity contribution in [2.75, 3.05) is 18.4 Å². The number of hydrogen-bond donors (Lipinski definition) is 2. The van der Waals surface area contributed by atoms with Crippen molar-refractivity contribution in [2.45, 2.75) is 13.0 Å². The number of rotatable bonds is 5. The Hall–Kier alpha value is -3.61. The van der Waals surface area contributed by atoms with E-state index < -0.39 is 6.04 Å². The van der Waals surface area contributed by atoms with Crippen LogP contribution >= 0.6 is 0 Å². The summed E-state index contributed by atoms with van der Waals surface area (Å²) in [6.07, 6.45) is 1.74. The minimum Gasteiger partial charge on any atom is -0.455 e. The quantitative estimate of drug-likeness (QED) is 0.713. The summed E-state index contributed by atoms with van der Waals surface area (Å²) in [6, 6.07) is 16.1. The Morgan fingerprint density at radius 2 is 1.96 bits per heavy atom. The van der Waals surface area contributed by atoms with Gasteiger partial charge in [-0.25, -0.2) is 4.79 Å². The Balaban J connectivity index is 1.44. The van der Waals surface area contributed by atoms with Crippen molar-refractivity contribution in [3.05, 3.63) is 60.8 Å². The molecule has 0 bridgehead atoms. The van der Waals surface area contributed by atoms with E-state index in [2.05, 4.69) is 15.6 Å². The van der Waals surface area contributed by atoms with Crippen LogP contribution in [0.25, 0.3) is 10.9 Å². The van der Waals surface area contributed by atoms with Crippen LogP contribution in [0.1, 0.15) is 6.92 Å². The zero-order valence-electron chi connectivity index (χ0n) is 15.4. The molecule has 1 aromatic heterocycles. The second kappa shape index (κ2) is 7.56. The topological polar surface area (TPSA) is 83.6 Å². The lowest BCUT2D eigenvalue weighted by molar-refractivity contribution is -0.128. The Bertz CT molecular complexity index is 1010. The molecular formula is C21H20N4O3. The molecule has 1 aliphatic heterocycles. The van der Waals surface area contributed by atoms with Crippen molar-refractivity contribution in [3.8, 4) is 11.5 Å². The minimum absolute atomic E-state index is 0.253. The number of hydrogen-bond acceptors (Lipinski definition) is 5. The lowest BCUT2D eigenvalue weighted by Crippen LogP contribution is -2.43. The number of para-hydroxylation sites is 1. The fourth-order valence-electron chi connectivity index (χ4n) is 3.13. The number of ether oxygens (including phenoxy) is 1. The van der Waals surface area contributed by atoms with Gasteiger partial charge in [0, 0.05) is 30.4 Å². The molecule has 0 spiro atoms. The van der Waals surface area contributed by atoms with Crippen molar-refractivity contribution < 1.29 is 14.3 Å². The predicted octanol–water partition coefficient (Wildman–Crippen LogP) is 3.38. The highest BCUT2D eigenvalue weighted by Gasteiger charge is 2.29. The van der Waals surface area contributed by atoms with Crippen LogP contribution < -0.4 is 15.4 Å². The molecule has 2 aromatic carbocycles. The molecule has 142 valence electrons. The molecule has 1 aliphatic rings. The second-order valence-corrected chi connectivity index (χ2v) is 6.55. The molecule has 7 nitrogen and oxygen atoms in total. The SMILES string of the molecule is C[C@@H](Nc1ccc(Oc2cccc3cccnc23)cc1)C(=O)N1CCNC1=O. The number of nitrogens with zero attached hydrogens (tertiary/aromatic N) is 2. The minimum atomic E-state index is -0.516. The molecule has 4 rings (SSSR count). The van der Waals surface area contributed by atoms with Crippen molar-refractivity contribution in [3.63, 3.8) is 0 Å². The van der Waals surface area contributed by atoms with Gasteiger partial charge in [0.2, 0.25) is 0 Å². The lowest BCUT2D eigenvalue weighted by atomic mass is 10.2. The maximum Gasteiger partial charge on any atom is 0.324 e. The summed E-state index contributed by atoms with van der Waals surface area (Å²) in [5, 5.41) is 6.76. The normalized spacial score (nSPS) is 14.6.